The van der Waals surface area contributed by atoms with Crippen LogP contribution < -0.4 is 16.2 Å². The number of hydrogen-bond acceptors (Lipinski definition) is 5. The third kappa shape index (κ3) is 2.52. The van der Waals surface area contributed by atoms with Crippen molar-refractivity contribution in [1.82, 2.24) is 4.98 Å². The van der Waals surface area contributed by atoms with Crippen molar-refractivity contribution in [2.24, 2.45) is 5.73 Å². The van der Waals surface area contributed by atoms with Gasteiger partial charge >= 0.3 is 0 Å². The van der Waals surface area contributed by atoms with Crippen LogP contribution in [0.15, 0.2) is 53.9 Å². The summed E-state index contributed by atoms with van der Waals surface area (Å²) in [6.07, 6.45) is 0. The van der Waals surface area contributed by atoms with E-state index in [0.29, 0.717) is 27.7 Å². The van der Waals surface area contributed by atoms with Crippen molar-refractivity contribution in [3.63, 3.8) is 0 Å². The van der Waals surface area contributed by atoms with Gasteiger partial charge in [0.2, 0.25) is 5.88 Å². The molecule has 0 aliphatic carbocycles. The fraction of sp³-hybridized carbons (Fsp3) is 0.100. The number of rotatable bonds is 1. The van der Waals surface area contributed by atoms with Gasteiger partial charge < -0.3 is 16.2 Å². The van der Waals surface area contributed by atoms with Gasteiger partial charge in [0.1, 0.15) is 22.5 Å². The van der Waals surface area contributed by atoms with Crippen LogP contribution in [0.25, 0.3) is 10.9 Å². The number of allylic oxidation sites excluding steroid dienone is 1. The third-order valence-electron chi connectivity index (χ3n) is 4.51. The number of nitriles is 1. The number of halogens is 1. The summed E-state index contributed by atoms with van der Waals surface area (Å²) in [6, 6.07) is 15.3. The van der Waals surface area contributed by atoms with Crippen LogP contribution in [0.2, 0.25) is 5.15 Å². The quantitative estimate of drug-likeness (QED) is 0.503. The lowest BCUT2D eigenvalue weighted by Crippen LogP contribution is -2.21. The zero-order valence-electron chi connectivity index (χ0n) is 14.0. The lowest BCUT2D eigenvalue weighted by atomic mass is 9.83. The molecule has 1 atom stereocenters. The van der Waals surface area contributed by atoms with Gasteiger partial charge in [0, 0.05) is 28.3 Å². The van der Waals surface area contributed by atoms with Crippen molar-refractivity contribution in [3.05, 3.63) is 75.8 Å². The largest absolute Gasteiger partial charge is 0.440 e. The average Bonchev–Trinajstić information content (AvgIpc) is 2.60. The first-order valence-corrected chi connectivity index (χ1v) is 8.39. The maximum Gasteiger partial charge on any atom is 0.205 e. The predicted octanol–water partition coefficient (Wildman–Crippen LogP) is 4.00. The van der Waals surface area contributed by atoms with E-state index >= 15 is 0 Å². The molecule has 6 heteroatoms. The molecule has 0 saturated carbocycles. The van der Waals surface area contributed by atoms with Crippen LogP contribution in [0.1, 0.15) is 22.6 Å². The van der Waals surface area contributed by atoms with Gasteiger partial charge in [-0.3, -0.25) is 0 Å². The Balaban J connectivity index is 1.99. The normalized spacial score (nSPS) is 16.1. The molecule has 26 heavy (non-hydrogen) atoms. The number of ether oxygens (including phenoxy) is 1. The van der Waals surface area contributed by atoms with E-state index in [4.69, 9.17) is 27.8 Å². The third-order valence-corrected chi connectivity index (χ3v) is 4.81. The van der Waals surface area contributed by atoms with Gasteiger partial charge in [0.05, 0.1) is 11.4 Å². The van der Waals surface area contributed by atoms with Crippen LogP contribution in [0, 0.1) is 18.3 Å². The Morgan fingerprint density at radius 3 is 2.69 bits per heavy atom. The number of benzene rings is 2. The first kappa shape index (κ1) is 16.2. The number of anilines is 1. The number of aryl methyl sites for hydroxylation is 1. The number of nitrogens with zero attached hydrogens (tertiary/aromatic N) is 2. The standard InChI is InChI=1S/C20H15ClN4O/c1-10-2-3-11-7-14(19(21)25-16(11)6-10)18-13-5-4-12(23)8-17(13)26-20(24)15(18)9-22/h2-8,18H,23-24H2,1H3/t18-/m1/s1. The Kier molecular flexibility index (Phi) is 3.71. The molecule has 1 aliphatic heterocycles. The van der Waals surface area contributed by atoms with Crippen molar-refractivity contribution >= 4 is 28.2 Å². The van der Waals surface area contributed by atoms with Gasteiger partial charge in [-0.15, -0.1) is 0 Å². The van der Waals surface area contributed by atoms with Gasteiger partial charge in [-0.2, -0.15) is 5.26 Å². The average molecular weight is 363 g/mol. The fourth-order valence-corrected chi connectivity index (χ4v) is 3.52. The summed E-state index contributed by atoms with van der Waals surface area (Å²) in [5, 5.41) is 10.9. The molecule has 4 N–H and O–H groups in total. The summed E-state index contributed by atoms with van der Waals surface area (Å²) in [5.74, 6) is 0.109. The van der Waals surface area contributed by atoms with Crippen LogP contribution in [-0.2, 0) is 0 Å². The Labute approximate surface area is 155 Å². The van der Waals surface area contributed by atoms with Crippen LogP contribution in [0.5, 0.6) is 5.75 Å². The molecular formula is C20H15ClN4O. The van der Waals surface area contributed by atoms with E-state index in [-0.39, 0.29) is 5.88 Å². The molecule has 0 bridgehead atoms. The summed E-state index contributed by atoms with van der Waals surface area (Å²) in [7, 11) is 0. The molecule has 0 unspecified atom stereocenters. The molecule has 0 fully saturated rings. The minimum atomic E-state index is -0.463. The number of pyridine rings is 1. The lowest BCUT2D eigenvalue weighted by molar-refractivity contribution is 0.394. The Hall–Kier alpha value is -3.23. The Morgan fingerprint density at radius 1 is 1.12 bits per heavy atom. The van der Waals surface area contributed by atoms with Crippen molar-refractivity contribution in [1.29, 1.82) is 5.26 Å². The molecule has 4 rings (SSSR count). The summed E-state index contributed by atoms with van der Waals surface area (Å²) in [6.45, 7) is 2.00. The predicted molar refractivity (Wildman–Crippen MR) is 102 cm³/mol. The Bertz CT molecular complexity index is 1130. The maximum atomic E-state index is 9.66. The highest BCUT2D eigenvalue weighted by Crippen LogP contribution is 2.44. The number of nitrogens with two attached hydrogens (primary N) is 2. The smallest absolute Gasteiger partial charge is 0.205 e. The molecular weight excluding hydrogens is 348 g/mol. The molecule has 1 aliphatic rings. The van der Waals surface area contributed by atoms with E-state index in [1.165, 1.54) is 0 Å². The van der Waals surface area contributed by atoms with Crippen LogP contribution in [0.3, 0.4) is 0 Å². The molecule has 0 spiro atoms. The van der Waals surface area contributed by atoms with Gasteiger partial charge in [0.15, 0.2) is 0 Å². The highest BCUT2D eigenvalue weighted by Gasteiger charge is 2.32. The van der Waals surface area contributed by atoms with E-state index in [1.807, 2.05) is 37.3 Å². The zero-order valence-corrected chi connectivity index (χ0v) is 14.7. The van der Waals surface area contributed by atoms with Crippen LogP contribution in [0.4, 0.5) is 5.69 Å². The lowest BCUT2D eigenvalue weighted by Gasteiger charge is -2.27. The SMILES string of the molecule is Cc1ccc2cc([C@@H]3C(C#N)=C(N)Oc4cc(N)ccc43)c(Cl)nc2c1. The summed E-state index contributed by atoms with van der Waals surface area (Å²) < 4.78 is 5.60. The van der Waals surface area contributed by atoms with Crippen LogP contribution >= 0.6 is 11.6 Å². The first-order valence-electron chi connectivity index (χ1n) is 8.01. The molecule has 0 radical (unpaired) electrons. The monoisotopic (exact) mass is 362 g/mol. The molecule has 3 aromatic rings. The van der Waals surface area contributed by atoms with E-state index < -0.39 is 5.92 Å². The van der Waals surface area contributed by atoms with Gasteiger partial charge in [-0.25, -0.2) is 4.98 Å². The summed E-state index contributed by atoms with van der Waals surface area (Å²) >= 11 is 6.51. The second-order valence-corrected chi connectivity index (χ2v) is 6.64. The first-order chi connectivity index (χ1) is 12.5. The highest BCUT2D eigenvalue weighted by atomic mass is 35.5. The number of aromatic nitrogens is 1. The fourth-order valence-electron chi connectivity index (χ4n) is 3.26. The molecule has 5 nitrogen and oxygen atoms in total. The Morgan fingerprint density at radius 2 is 1.92 bits per heavy atom. The van der Waals surface area contributed by atoms with E-state index in [9.17, 15) is 5.26 Å². The highest BCUT2D eigenvalue weighted by molar-refractivity contribution is 6.30. The van der Waals surface area contributed by atoms with E-state index in [0.717, 1.165) is 22.0 Å². The van der Waals surface area contributed by atoms with Crippen molar-refractivity contribution < 1.29 is 4.74 Å². The minimum absolute atomic E-state index is 0.0515. The summed E-state index contributed by atoms with van der Waals surface area (Å²) in [5.41, 5.74) is 16.1. The molecule has 1 aromatic heterocycles. The van der Waals surface area contributed by atoms with Crippen molar-refractivity contribution in [2.75, 3.05) is 5.73 Å². The number of nitrogen functional groups attached to an aromatic ring is 1. The topological polar surface area (TPSA) is 98.0 Å². The molecule has 0 saturated heterocycles. The minimum Gasteiger partial charge on any atom is -0.440 e. The van der Waals surface area contributed by atoms with E-state index in [1.54, 1.807) is 12.1 Å². The second kappa shape index (κ2) is 5.94. The van der Waals surface area contributed by atoms with Crippen molar-refractivity contribution in [3.8, 4) is 11.8 Å². The molecule has 2 aromatic carbocycles. The van der Waals surface area contributed by atoms with Gasteiger partial charge in [-0.1, -0.05) is 29.8 Å². The zero-order chi connectivity index (χ0) is 18.4. The molecule has 128 valence electrons. The van der Waals surface area contributed by atoms with Gasteiger partial charge in [0.25, 0.3) is 0 Å². The van der Waals surface area contributed by atoms with Gasteiger partial charge in [-0.05, 0) is 30.7 Å². The molecule has 2 heterocycles. The van der Waals surface area contributed by atoms with Crippen LogP contribution in [-0.4, -0.2) is 4.98 Å². The maximum absolute atomic E-state index is 9.66. The number of hydrogen-bond donors (Lipinski definition) is 2. The second-order valence-electron chi connectivity index (χ2n) is 6.29. The van der Waals surface area contributed by atoms with Crippen molar-refractivity contribution in [2.45, 2.75) is 12.8 Å². The number of fused-ring (bicyclic) bond motifs is 2. The molecule has 0 amide bonds. The van der Waals surface area contributed by atoms with E-state index in [2.05, 4.69) is 11.1 Å². The summed E-state index contributed by atoms with van der Waals surface area (Å²) in [4.78, 5) is 4.52.